The summed E-state index contributed by atoms with van der Waals surface area (Å²) in [6.45, 7) is 24.3. The number of amides is 2. The summed E-state index contributed by atoms with van der Waals surface area (Å²) in [6, 6.07) is 30.2. The number of fused-ring (bicyclic) bond motifs is 6. The van der Waals surface area contributed by atoms with Gasteiger partial charge in [-0.1, -0.05) is 24.3 Å². The van der Waals surface area contributed by atoms with Crippen LogP contribution in [0.25, 0.3) is 147 Å². The molecule has 0 radical (unpaired) electrons. The Hall–Kier alpha value is -18.5. The van der Waals surface area contributed by atoms with Crippen molar-refractivity contribution in [3.05, 3.63) is 307 Å². The van der Waals surface area contributed by atoms with Crippen molar-refractivity contribution in [2.24, 2.45) is 0 Å². The van der Waals surface area contributed by atoms with E-state index in [9.17, 15) is 57.8 Å². The second-order valence-corrected chi connectivity index (χ2v) is 35.1. The molecule has 1 aromatic carbocycles. The first-order valence-electron chi connectivity index (χ1n) is 47.2. The molecular formula is C113H108N20O14. The van der Waals surface area contributed by atoms with E-state index in [1.807, 2.05) is 118 Å². The molecule has 2 aliphatic heterocycles. The number of piperazine rings is 2. The highest BCUT2D eigenvalue weighted by Crippen LogP contribution is 2.34. The Morgan fingerprint density at radius 3 is 0.918 bits per heavy atom. The molecule has 744 valence electrons. The quantitative estimate of drug-likeness (QED) is 0.0218. The molecule has 34 heteroatoms. The number of Topliss-reactive ketones (excluding diaryl/α,β-unsaturated/α-hetero) is 3. The summed E-state index contributed by atoms with van der Waals surface area (Å²) in [4.78, 5) is 195. The van der Waals surface area contributed by atoms with Gasteiger partial charge >= 0.3 is 12.2 Å². The number of carbonyl (C=O) groups is 11. The summed E-state index contributed by atoms with van der Waals surface area (Å²) in [7, 11) is 0. The van der Waals surface area contributed by atoms with E-state index in [1.165, 1.54) is 86.6 Å². The van der Waals surface area contributed by atoms with Gasteiger partial charge < -0.3 is 64.1 Å². The van der Waals surface area contributed by atoms with Crippen LogP contribution in [0, 0.1) is 0 Å². The van der Waals surface area contributed by atoms with Crippen LogP contribution in [0.4, 0.5) is 21.0 Å². The number of aliphatic hydroxyl groups is 1. The lowest BCUT2D eigenvalue weighted by molar-refractivity contribution is -0.113. The number of aliphatic hydroxyl groups excluding tert-OH is 1. The van der Waals surface area contributed by atoms with Crippen molar-refractivity contribution < 1.29 is 67.3 Å². The van der Waals surface area contributed by atoms with Crippen molar-refractivity contribution in [2.75, 3.05) is 62.2 Å². The van der Waals surface area contributed by atoms with Crippen LogP contribution < -0.4 is 14.5 Å². The number of benzene rings is 1. The largest absolute Gasteiger partial charge is 0.447 e. The molecule has 19 rings (SSSR count). The number of allylic oxidation sites excluding steroid dienone is 6. The van der Waals surface area contributed by atoms with Crippen LogP contribution in [0.15, 0.2) is 251 Å². The molecule has 0 bridgehead atoms. The fourth-order valence-corrected chi connectivity index (χ4v) is 15.6. The first kappa shape index (κ1) is 104. The van der Waals surface area contributed by atoms with E-state index in [4.69, 9.17) is 9.47 Å². The second-order valence-electron chi connectivity index (χ2n) is 35.1. The van der Waals surface area contributed by atoms with E-state index in [0.717, 1.165) is 174 Å². The Bertz CT molecular complexity index is 7810. The highest BCUT2D eigenvalue weighted by Gasteiger charge is 2.27. The number of aromatic nitrogens is 16. The van der Waals surface area contributed by atoms with E-state index >= 15 is 0 Å². The van der Waals surface area contributed by atoms with Crippen LogP contribution in [-0.2, 0) is 33.5 Å². The van der Waals surface area contributed by atoms with Crippen LogP contribution in [-0.4, -0.2) is 217 Å². The second kappa shape index (κ2) is 48.8. The van der Waals surface area contributed by atoms with Crippen molar-refractivity contribution in [2.45, 2.75) is 95.3 Å². The molecule has 2 saturated heterocycles. The number of para-hydroxylation sites is 1. The first-order valence-corrected chi connectivity index (χ1v) is 47.2. The molecule has 17 aromatic rings. The van der Waals surface area contributed by atoms with E-state index in [0.29, 0.717) is 61.8 Å². The maximum atomic E-state index is 12.4. The third kappa shape index (κ3) is 28.1. The number of nitrogens with one attached hydrogen (secondary N) is 6. The van der Waals surface area contributed by atoms with Crippen LogP contribution in [0.3, 0.4) is 0 Å². The molecule has 0 saturated carbocycles. The van der Waals surface area contributed by atoms with Gasteiger partial charge in [-0.05, 0) is 227 Å². The minimum Gasteiger partial charge on any atom is -0.447 e. The van der Waals surface area contributed by atoms with Gasteiger partial charge in [0.15, 0.2) is 52.0 Å². The molecular weight excluding hydrogens is 1860 g/mol. The zero-order chi connectivity index (χ0) is 104. The number of aromatic amines is 6. The molecule has 18 heterocycles. The number of hydrogen-bond acceptors (Lipinski definition) is 26. The van der Waals surface area contributed by atoms with Gasteiger partial charge in [0, 0.05) is 286 Å². The Morgan fingerprint density at radius 2 is 0.612 bits per heavy atom. The van der Waals surface area contributed by atoms with Gasteiger partial charge in [0.05, 0.1) is 36.0 Å². The lowest BCUT2D eigenvalue weighted by Gasteiger charge is -2.35. The standard InChI is InChI=1S/C22H22N4O3.C19H24N4O3.C18H17N3O2.3C18H15N3O2/c1-16(27)7-8-17-14-23-21-20(17)13-18(15-24-21)25-9-11-26(12-10-25)22(28)29-19-5-3-2-4-6-19;1-13(2)26-19(25)23-8-6-22(7-9-23)16-10-17-15(5-4-14(3)24)11-20-18(17)21-12-16;3*1-11(22)3-4-13-9-20-18-17(13)6-16(10-21-18)15-5-14(12(2)23)7-19-8-15;1-11(22)3-4-14-9-20-18-16(14)7-15(10-21-18)13-5-6-17(12(2)23)19-8-13/h2-8,13-15H,9-12H2,1H3,(H,23,24);4-5,10-13H,6-9H2,1-3H3,(H,20,21);3-10,12,23H,1-2H3,(H,20,21);3*3-10H,1-2H3,(H,20,21)/b8-7+;5-4+;4*4-3+. The molecule has 1 atom stereocenters. The highest BCUT2D eigenvalue weighted by atomic mass is 16.6. The zero-order valence-corrected chi connectivity index (χ0v) is 83.0. The fraction of sp³-hybridized carbons (Fsp3) is 0.195. The van der Waals surface area contributed by atoms with Crippen molar-refractivity contribution in [3.63, 3.8) is 0 Å². The van der Waals surface area contributed by atoms with Gasteiger partial charge in [-0.15, -0.1) is 0 Å². The molecule has 147 heavy (non-hydrogen) atoms. The number of ketones is 9. The minimum atomic E-state index is -0.569. The number of rotatable bonds is 24. The minimum absolute atomic E-state index is 0.00183. The number of nitrogens with zero attached hydrogens (tertiary/aromatic N) is 14. The Kier molecular flexibility index (Phi) is 34.6. The van der Waals surface area contributed by atoms with Gasteiger partial charge in [0.25, 0.3) is 0 Å². The Morgan fingerprint density at radius 1 is 0.313 bits per heavy atom. The van der Waals surface area contributed by atoms with E-state index < -0.39 is 6.10 Å². The van der Waals surface area contributed by atoms with Crippen LogP contribution in [0.1, 0.15) is 159 Å². The van der Waals surface area contributed by atoms with Gasteiger partial charge in [0.1, 0.15) is 45.3 Å². The van der Waals surface area contributed by atoms with Crippen molar-refractivity contribution in [3.8, 4) is 50.3 Å². The molecule has 1 unspecified atom stereocenters. The maximum Gasteiger partial charge on any atom is 0.415 e. The normalized spacial score (nSPS) is 12.8. The third-order valence-electron chi connectivity index (χ3n) is 23.4. The smallest absolute Gasteiger partial charge is 0.415 e. The Labute approximate surface area is 845 Å². The number of hydrogen-bond donors (Lipinski definition) is 7. The van der Waals surface area contributed by atoms with Crippen LogP contribution in [0.2, 0.25) is 0 Å². The molecule has 34 nitrogen and oxygen atoms in total. The molecule has 0 aliphatic carbocycles. The van der Waals surface area contributed by atoms with Crippen molar-refractivity contribution >= 4 is 178 Å². The van der Waals surface area contributed by atoms with Gasteiger partial charge in [-0.2, -0.15) is 0 Å². The third-order valence-corrected chi connectivity index (χ3v) is 23.4. The summed E-state index contributed by atoms with van der Waals surface area (Å²) < 4.78 is 10.7. The topological polar surface area (TPSA) is 463 Å². The predicted octanol–water partition coefficient (Wildman–Crippen LogP) is 19.9. The molecule has 2 aliphatic rings. The van der Waals surface area contributed by atoms with Crippen LogP contribution in [0.5, 0.6) is 5.75 Å². The summed E-state index contributed by atoms with van der Waals surface area (Å²) >= 11 is 0. The maximum absolute atomic E-state index is 12.4. The number of pyridine rings is 10. The number of H-pyrrole nitrogens is 6. The van der Waals surface area contributed by atoms with Gasteiger partial charge in [0.2, 0.25) is 0 Å². The van der Waals surface area contributed by atoms with Gasteiger partial charge in [-0.25, -0.2) is 39.5 Å². The van der Waals surface area contributed by atoms with Gasteiger partial charge in [-0.3, -0.25) is 63.1 Å². The molecule has 0 spiro atoms. The molecule has 2 amide bonds. The summed E-state index contributed by atoms with van der Waals surface area (Å²) in [5.74, 6) is 0.407. The summed E-state index contributed by atoms with van der Waals surface area (Å²) in [5, 5.41) is 15.3. The van der Waals surface area contributed by atoms with Crippen LogP contribution >= 0.6 is 0 Å². The average molecular weight is 1970 g/mol. The summed E-state index contributed by atoms with van der Waals surface area (Å²) in [6.07, 6.45) is 51.8. The Balaban J connectivity index is 0.000000140. The fourth-order valence-electron chi connectivity index (χ4n) is 15.6. The average Bonchev–Trinajstić information content (AvgIpc) is 1.70. The van der Waals surface area contributed by atoms with E-state index in [-0.39, 0.29) is 70.3 Å². The molecule has 2 fully saturated rings. The van der Waals surface area contributed by atoms with E-state index in [1.54, 1.807) is 164 Å². The first-order chi connectivity index (χ1) is 70.7. The zero-order valence-electron chi connectivity index (χ0n) is 83.0. The molecule has 16 aromatic heterocycles. The van der Waals surface area contributed by atoms with Crippen molar-refractivity contribution in [1.82, 2.24) is 89.5 Å². The van der Waals surface area contributed by atoms with Crippen molar-refractivity contribution in [1.29, 1.82) is 0 Å². The number of anilines is 2. The van der Waals surface area contributed by atoms with E-state index in [2.05, 4.69) is 102 Å². The monoisotopic (exact) mass is 1970 g/mol. The number of ether oxygens (including phenoxy) is 2. The highest BCUT2D eigenvalue weighted by molar-refractivity contribution is 6.03. The molecule has 7 N–H and O–H groups in total. The lowest BCUT2D eigenvalue weighted by atomic mass is 10.0. The SMILES string of the molecule is CC(=O)/C=C/c1c[nH]c2ncc(-c3ccc(C(C)=O)nc3)cc12.CC(=O)/C=C/c1c[nH]c2ncc(-c3cncc(C(C)=O)c3)cc12.CC(=O)/C=C/c1c[nH]c2ncc(-c3cncc(C(C)=O)c3)cc12.CC(=O)/C=C/c1c[nH]c2ncc(-c3cncc(C(C)O)c3)cc12.CC(=O)/C=C/c1c[nH]c2ncc(N3CCN(C(=O)OC(C)C)CC3)cc12.CC(=O)/C=C/c1c[nH]c2ncc(N3CCN(C(=O)Oc4ccccc4)CC3)cc12. The number of carbonyl (C=O) groups excluding carboxylic acids is 11. The lowest BCUT2D eigenvalue weighted by Crippen LogP contribution is -2.49. The summed E-state index contributed by atoms with van der Waals surface area (Å²) in [5.41, 5.74) is 21.3. The predicted molar refractivity (Wildman–Crippen MR) is 570 cm³/mol.